The zero-order valence-electron chi connectivity index (χ0n) is 19.5. The van der Waals surface area contributed by atoms with E-state index in [1.54, 1.807) is 13.2 Å². The van der Waals surface area contributed by atoms with Crippen LogP contribution in [0.2, 0.25) is 0 Å². The molecule has 0 amide bonds. The van der Waals surface area contributed by atoms with Gasteiger partial charge in [-0.05, 0) is 25.1 Å². The lowest BCUT2D eigenvalue weighted by Crippen LogP contribution is -2.33. The lowest BCUT2D eigenvalue weighted by atomic mass is 9.84. The van der Waals surface area contributed by atoms with Gasteiger partial charge in [0.05, 0.1) is 40.0 Å². The smallest absolute Gasteiger partial charge is 0.172 e. The van der Waals surface area contributed by atoms with Crippen LogP contribution in [0, 0.1) is 0 Å². The van der Waals surface area contributed by atoms with Crippen molar-refractivity contribution >= 4 is 0 Å². The molecule has 1 unspecified atom stereocenters. The lowest BCUT2D eigenvalue weighted by Gasteiger charge is -2.37. The molecule has 0 aromatic heterocycles. The molecule has 0 radical (unpaired) electrons. The first kappa shape index (κ1) is 22.6. The molecule has 0 fully saturated rings. The third kappa shape index (κ3) is 3.68. The molecule has 0 bridgehead atoms. The highest BCUT2D eigenvalue weighted by Gasteiger charge is 2.36. The Balaban J connectivity index is 2.07. The molecule has 3 aromatic carbocycles. The summed E-state index contributed by atoms with van der Waals surface area (Å²) >= 11 is 0. The predicted molar refractivity (Wildman–Crippen MR) is 126 cm³/mol. The van der Waals surface area contributed by atoms with Crippen molar-refractivity contribution in [3.63, 3.8) is 0 Å². The molecule has 33 heavy (non-hydrogen) atoms. The molecule has 4 rings (SSSR count). The van der Waals surface area contributed by atoms with Gasteiger partial charge in [-0.1, -0.05) is 30.3 Å². The van der Waals surface area contributed by atoms with Crippen molar-refractivity contribution in [3.8, 4) is 45.6 Å². The molecular formula is C26H29NO6. The molecule has 2 N–H and O–H groups in total. The van der Waals surface area contributed by atoms with Crippen LogP contribution in [0.15, 0.2) is 42.5 Å². The number of ether oxygens (including phenoxy) is 4. The molecular weight excluding hydrogens is 422 g/mol. The van der Waals surface area contributed by atoms with Gasteiger partial charge in [0.1, 0.15) is 11.5 Å². The molecule has 1 aliphatic heterocycles. The molecule has 174 valence electrons. The normalized spacial score (nSPS) is 15.6. The Labute approximate surface area is 193 Å². The quantitative estimate of drug-likeness (QED) is 0.576. The van der Waals surface area contributed by atoms with Crippen LogP contribution in [0.1, 0.15) is 22.7 Å². The van der Waals surface area contributed by atoms with Crippen LogP contribution in [0.4, 0.5) is 0 Å². The zero-order valence-corrected chi connectivity index (χ0v) is 19.5. The van der Waals surface area contributed by atoms with Gasteiger partial charge in [0.2, 0.25) is 0 Å². The number of hydrogen-bond acceptors (Lipinski definition) is 7. The van der Waals surface area contributed by atoms with Crippen LogP contribution >= 0.6 is 0 Å². The highest BCUT2D eigenvalue weighted by Crippen LogP contribution is 2.56. The van der Waals surface area contributed by atoms with E-state index in [0.29, 0.717) is 29.0 Å². The van der Waals surface area contributed by atoms with E-state index >= 15 is 0 Å². The topological polar surface area (TPSA) is 80.6 Å². The van der Waals surface area contributed by atoms with Gasteiger partial charge in [-0.2, -0.15) is 0 Å². The second-order valence-electron chi connectivity index (χ2n) is 7.95. The third-order valence-corrected chi connectivity index (χ3v) is 6.25. The molecule has 0 spiro atoms. The van der Waals surface area contributed by atoms with E-state index < -0.39 is 0 Å². The van der Waals surface area contributed by atoms with Crippen molar-refractivity contribution in [3.05, 3.63) is 59.2 Å². The van der Waals surface area contributed by atoms with Crippen molar-refractivity contribution in [2.24, 2.45) is 0 Å². The number of fused-ring (bicyclic) bond motifs is 1. The minimum atomic E-state index is -0.164. The molecule has 7 heteroatoms. The number of hydrogen-bond donors (Lipinski definition) is 2. The fourth-order valence-electron chi connectivity index (χ4n) is 4.74. The second kappa shape index (κ2) is 9.11. The summed E-state index contributed by atoms with van der Waals surface area (Å²) in [6.45, 7) is 0.782. The van der Waals surface area contributed by atoms with Crippen molar-refractivity contribution in [1.82, 2.24) is 4.90 Å². The molecule has 7 nitrogen and oxygen atoms in total. The highest BCUT2D eigenvalue weighted by molar-refractivity contribution is 5.88. The van der Waals surface area contributed by atoms with Gasteiger partial charge in [-0.25, -0.2) is 0 Å². The van der Waals surface area contributed by atoms with E-state index in [1.165, 1.54) is 27.4 Å². The maximum Gasteiger partial charge on any atom is 0.172 e. The average molecular weight is 452 g/mol. The Morgan fingerprint density at radius 2 is 1.52 bits per heavy atom. The summed E-state index contributed by atoms with van der Waals surface area (Å²) in [6, 6.07) is 13.0. The summed E-state index contributed by atoms with van der Waals surface area (Å²) in [4.78, 5) is 2.21. The maximum atomic E-state index is 11.6. The van der Waals surface area contributed by atoms with Crippen LogP contribution < -0.4 is 18.9 Å². The van der Waals surface area contributed by atoms with E-state index in [4.69, 9.17) is 18.9 Å². The van der Waals surface area contributed by atoms with Gasteiger partial charge in [-0.15, -0.1) is 0 Å². The van der Waals surface area contributed by atoms with Crippen LogP contribution in [-0.4, -0.2) is 57.1 Å². The third-order valence-electron chi connectivity index (χ3n) is 6.25. The molecule has 3 aromatic rings. The summed E-state index contributed by atoms with van der Waals surface area (Å²) in [7, 11) is 8.15. The Morgan fingerprint density at radius 1 is 0.848 bits per heavy atom. The average Bonchev–Trinajstić information content (AvgIpc) is 2.84. The van der Waals surface area contributed by atoms with E-state index in [9.17, 15) is 10.2 Å². The summed E-state index contributed by atoms with van der Waals surface area (Å²) < 4.78 is 22.6. The van der Waals surface area contributed by atoms with E-state index in [0.717, 1.165) is 23.2 Å². The summed E-state index contributed by atoms with van der Waals surface area (Å²) in [6.07, 6.45) is 0.681. The molecule has 1 aliphatic rings. The molecule has 0 saturated carbocycles. The van der Waals surface area contributed by atoms with E-state index in [1.807, 2.05) is 25.2 Å². The summed E-state index contributed by atoms with van der Waals surface area (Å²) in [5.74, 6) is 1.54. The number of phenolic OH excluding ortho intramolecular Hbond substituents is 2. The van der Waals surface area contributed by atoms with Gasteiger partial charge in [-0.3, -0.25) is 4.90 Å². The number of phenols is 2. The minimum Gasteiger partial charge on any atom is -0.504 e. The monoisotopic (exact) mass is 451 g/mol. The van der Waals surface area contributed by atoms with Crippen molar-refractivity contribution < 1.29 is 29.2 Å². The standard InChI is InChI=1S/C26H29NO6/c1-27-12-11-16-21(23(27)15-9-7-6-8-10-15)24(29)26(33-5)22(25(16)32-4)17-13-20(31-3)18(28)14-19(17)30-2/h6-10,13-14,23,28-29H,11-12H2,1-5H3. The maximum absolute atomic E-state index is 11.6. The Bertz CT molecular complexity index is 1160. The van der Waals surface area contributed by atoms with Crippen LogP contribution in [0.3, 0.4) is 0 Å². The SMILES string of the molecule is COc1cc(-c2c(OC)c(O)c3c(c2OC)CCN(C)C3c2ccccc2)c(OC)cc1O. The first-order valence-electron chi connectivity index (χ1n) is 10.7. The minimum absolute atomic E-state index is 0.0519. The largest absolute Gasteiger partial charge is 0.504 e. The molecule has 0 saturated heterocycles. The number of benzene rings is 3. The second-order valence-corrected chi connectivity index (χ2v) is 7.95. The number of nitrogens with zero attached hydrogens (tertiary/aromatic N) is 1. The fraction of sp³-hybridized carbons (Fsp3) is 0.308. The molecule has 1 heterocycles. The zero-order chi connectivity index (χ0) is 23.7. The summed E-state index contributed by atoms with van der Waals surface area (Å²) in [5, 5.41) is 21.8. The van der Waals surface area contributed by atoms with Crippen molar-refractivity contribution in [2.75, 3.05) is 42.0 Å². The van der Waals surface area contributed by atoms with Crippen LogP contribution in [0.25, 0.3) is 11.1 Å². The Kier molecular flexibility index (Phi) is 6.24. The number of rotatable bonds is 6. The van der Waals surface area contributed by atoms with Gasteiger partial charge in [0, 0.05) is 29.3 Å². The van der Waals surface area contributed by atoms with Gasteiger partial charge in [0.25, 0.3) is 0 Å². The predicted octanol–water partition coefficient (Wildman–Crippen LogP) is 4.38. The van der Waals surface area contributed by atoms with Gasteiger partial charge in [0.15, 0.2) is 23.0 Å². The van der Waals surface area contributed by atoms with Gasteiger partial charge < -0.3 is 29.2 Å². The first-order chi connectivity index (χ1) is 16.0. The fourth-order valence-corrected chi connectivity index (χ4v) is 4.74. The van der Waals surface area contributed by atoms with Crippen LogP contribution in [0.5, 0.6) is 34.5 Å². The molecule has 0 aliphatic carbocycles. The van der Waals surface area contributed by atoms with Crippen LogP contribution in [-0.2, 0) is 6.42 Å². The Hall–Kier alpha value is -3.58. The van der Waals surface area contributed by atoms with Crippen molar-refractivity contribution in [2.45, 2.75) is 12.5 Å². The highest BCUT2D eigenvalue weighted by atomic mass is 16.5. The van der Waals surface area contributed by atoms with E-state index in [2.05, 4.69) is 17.0 Å². The number of aromatic hydroxyl groups is 2. The van der Waals surface area contributed by atoms with Crippen molar-refractivity contribution in [1.29, 1.82) is 0 Å². The lowest BCUT2D eigenvalue weighted by molar-refractivity contribution is 0.251. The Morgan fingerprint density at radius 3 is 2.12 bits per heavy atom. The van der Waals surface area contributed by atoms with E-state index in [-0.39, 0.29) is 29.0 Å². The summed E-state index contributed by atoms with van der Waals surface area (Å²) in [5.41, 5.74) is 3.86. The van der Waals surface area contributed by atoms with Gasteiger partial charge >= 0.3 is 0 Å². The first-order valence-corrected chi connectivity index (χ1v) is 10.7. The number of methoxy groups -OCH3 is 4. The molecule has 1 atom stereocenters. The number of likely N-dealkylation sites (N-methyl/N-ethyl adjacent to an activating group) is 1.